The highest BCUT2D eigenvalue weighted by Gasteiger charge is 2.72. The molecule has 0 amide bonds. The zero-order chi connectivity index (χ0) is 35.9. The number of esters is 3. The first-order valence-electron chi connectivity index (χ1n) is 18.6. The van der Waals surface area contributed by atoms with Gasteiger partial charge in [-0.25, -0.2) is 0 Å². The fourth-order valence-corrected chi connectivity index (χ4v) is 11.6. The van der Waals surface area contributed by atoms with Gasteiger partial charge < -0.3 is 23.7 Å². The Morgan fingerprint density at radius 3 is 2.22 bits per heavy atom. The van der Waals surface area contributed by atoms with Gasteiger partial charge in [-0.3, -0.25) is 19.2 Å². The van der Waals surface area contributed by atoms with Crippen molar-refractivity contribution < 1.29 is 42.9 Å². The molecule has 4 fully saturated rings. The molecule has 0 aromatic heterocycles. The Balaban J connectivity index is 1.45. The van der Waals surface area contributed by atoms with Crippen molar-refractivity contribution in [2.24, 2.45) is 45.3 Å². The molecule has 12 atom stereocenters. The minimum atomic E-state index is -0.719. The van der Waals surface area contributed by atoms with E-state index in [2.05, 4.69) is 39.8 Å². The molecule has 0 aromatic carbocycles. The fourth-order valence-electron chi connectivity index (χ4n) is 11.6. The molecule has 0 N–H and O–H groups in total. The van der Waals surface area contributed by atoms with Crippen molar-refractivity contribution in [1.82, 2.24) is 0 Å². The van der Waals surface area contributed by atoms with Crippen molar-refractivity contribution in [2.45, 2.75) is 157 Å². The predicted molar refractivity (Wildman–Crippen MR) is 182 cm³/mol. The van der Waals surface area contributed by atoms with Gasteiger partial charge in [-0.15, -0.1) is 0 Å². The molecule has 0 aromatic rings. The third-order valence-electron chi connectivity index (χ3n) is 13.8. The number of hydrogen-bond acceptors (Lipinski definition) is 9. The van der Waals surface area contributed by atoms with Crippen LogP contribution in [0.1, 0.15) is 121 Å². The van der Waals surface area contributed by atoms with E-state index in [9.17, 15) is 19.2 Å². The summed E-state index contributed by atoms with van der Waals surface area (Å²) in [7, 11) is 0. The van der Waals surface area contributed by atoms with Crippen LogP contribution in [0, 0.1) is 45.3 Å². The molecule has 0 spiro atoms. The molecular weight excluding hydrogens is 624 g/mol. The fraction of sp³-hybridized carbons (Fsp3) is 0.800. The maximum absolute atomic E-state index is 13.7. The molecule has 4 aliphatic carbocycles. The van der Waals surface area contributed by atoms with E-state index in [4.69, 9.17) is 23.7 Å². The summed E-state index contributed by atoms with van der Waals surface area (Å²) in [6.07, 6.45) is 9.63. The number of allylic oxidation sites excluding steroid dienone is 3. The highest BCUT2D eigenvalue weighted by atomic mass is 16.7. The van der Waals surface area contributed by atoms with E-state index < -0.39 is 40.2 Å². The summed E-state index contributed by atoms with van der Waals surface area (Å²) in [5, 5.41) is 0. The van der Waals surface area contributed by atoms with Crippen LogP contribution in [0.15, 0.2) is 23.8 Å². The molecule has 0 radical (unpaired) electrons. The van der Waals surface area contributed by atoms with Gasteiger partial charge in [-0.1, -0.05) is 72.1 Å². The molecule has 2 saturated carbocycles. The van der Waals surface area contributed by atoms with Gasteiger partial charge in [-0.2, -0.15) is 0 Å². The summed E-state index contributed by atoms with van der Waals surface area (Å²) in [5.74, 6) is -1.40. The lowest BCUT2D eigenvalue weighted by molar-refractivity contribution is -0.221. The monoisotopic (exact) mass is 682 g/mol. The molecule has 49 heavy (non-hydrogen) atoms. The zero-order valence-electron chi connectivity index (χ0n) is 31.3. The largest absolute Gasteiger partial charge is 0.462 e. The number of ether oxygens (including phenoxy) is 5. The normalized spacial score (nSPS) is 44.2. The van der Waals surface area contributed by atoms with Crippen LogP contribution in [0.2, 0.25) is 0 Å². The molecule has 0 bridgehead atoms. The van der Waals surface area contributed by atoms with E-state index in [1.165, 1.54) is 19.4 Å². The van der Waals surface area contributed by atoms with Crippen molar-refractivity contribution in [3.05, 3.63) is 23.8 Å². The lowest BCUT2D eigenvalue weighted by atomic mass is 9.37. The Bertz CT molecular complexity index is 1440. The van der Waals surface area contributed by atoms with Gasteiger partial charge in [0.25, 0.3) is 0 Å². The van der Waals surface area contributed by atoms with Gasteiger partial charge >= 0.3 is 17.9 Å². The van der Waals surface area contributed by atoms with Crippen LogP contribution in [0.4, 0.5) is 0 Å². The second-order valence-corrected chi connectivity index (χ2v) is 17.7. The third-order valence-corrected chi connectivity index (χ3v) is 13.8. The van der Waals surface area contributed by atoms with E-state index in [0.717, 1.165) is 25.7 Å². The van der Waals surface area contributed by atoms with Crippen molar-refractivity contribution in [3.63, 3.8) is 0 Å². The molecular formula is C40H58O9. The SMILES string of the molecule is CCCCCC(=O)OC1CC2(C)C(=CCC2C2CC(C3OC3(C)C)OC2OC(C)=O)C2(C)C(OC(C)=O)CC3C(C)(C)C(=O)C=CC3(C)C12. The number of fused-ring (bicyclic) bond motifs is 5. The minimum Gasteiger partial charge on any atom is -0.462 e. The molecule has 9 nitrogen and oxygen atoms in total. The average molecular weight is 683 g/mol. The first-order valence-corrected chi connectivity index (χ1v) is 18.6. The highest BCUT2D eigenvalue weighted by Crippen LogP contribution is 2.73. The summed E-state index contributed by atoms with van der Waals surface area (Å²) in [5.41, 5.74) is -1.49. The summed E-state index contributed by atoms with van der Waals surface area (Å²) in [4.78, 5) is 52.3. The predicted octanol–water partition coefficient (Wildman–Crippen LogP) is 7.05. The quantitative estimate of drug-likeness (QED) is 0.0829. The number of carbonyl (C=O) groups is 4. The topological polar surface area (TPSA) is 118 Å². The number of carbonyl (C=O) groups excluding carboxylic acids is 4. The van der Waals surface area contributed by atoms with Gasteiger partial charge in [0.05, 0.1) is 11.7 Å². The van der Waals surface area contributed by atoms with Gasteiger partial charge in [0, 0.05) is 42.9 Å². The van der Waals surface area contributed by atoms with Crippen molar-refractivity contribution in [2.75, 3.05) is 0 Å². The van der Waals surface area contributed by atoms with Crippen molar-refractivity contribution >= 4 is 23.7 Å². The first kappa shape index (κ1) is 36.3. The Kier molecular flexibility index (Phi) is 9.12. The maximum atomic E-state index is 13.7. The second kappa shape index (κ2) is 12.3. The van der Waals surface area contributed by atoms with Crippen molar-refractivity contribution in [3.8, 4) is 0 Å². The van der Waals surface area contributed by atoms with Crippen LogP contribution in [-0.2, 0) is 42.9 Å². The lowest BCUT2D eigenvalue weighted by Crippen LogP contribution is -2.68. The van der Waals surface area contributed by atoms with E-state index in [1.54, 1.807) is 6.08 Å². The molecule has 2 saturated heterocycles. The standard InChI is InChI=1S/C40H58O9/c1-11-12-13-14-32(44)47-27-21-39(9)25(24-19-26(34-37(6,7)49-34)48-35(24)46-23(3)42)15-16-28(39)40(10)31(45-22(2)41)20-29-36(4,5)30(43)17-18-38(29,8)33(27)40/h16-18,24-27,29,31,33-35H,11-15,19-21H2,1-10H3. The summed E-state index contributed by atoms with van der Waals surface area (Å²) in [6, 6.07) is 0. The average Bonchev–Trinajstić information content (AvgIpc) is 3.26. The highest BCUT2D eigenvalue weighted by molar-refractivity contribution is 5.95. The second-order valence-electron chi connectivity index (χ2n) is 17.7. The van der Waals surface area contributed by atoms with Crippen LogP contribution >= 0.6 is 0 Å². The molecule has 6 rings (SSSR count). The summed E-state index contributed by atoms with van der Waals surface area (Å²) in [6.45, 7) is 19.7. The van der Waals surface area contributed by atoms with Crippen LogP contribution < -0.4 is 0 Å². The van der Waals surface area contributed by atoms with Gasteiger partial charge in [-0.05, 0) is 74.7 Å². The van der Waals surface area contributed by atoms with Gasteiger partial charge in [0.2, 0.25) is 6.29 Å². The number of hydrogen-bond donors (Lipinski definition) is 0. The zero-order valence-corrected chi connectivity index (χ0v) is 31.3. The summed E-state index contributed by atoms with van der Waals surface area (Å²) >= 11 is 0. The Morgan fingerprint density at radius 2 is 1.61 bits per heavy atom. The number of epoxide rings is 1. The maximum Gasteiger partial charge on any atom is 0.306 e. The Labute approximate surface area is 292 Å². The molecule has 9 heteroatoms. The van der Waals surface area contributed by atoms with E-state index in [-0.39, 0.29) is 65.2 Å². The van der Waals surface area contributed by atoms with E-state index in [1.807, 2.05) is 27.7 Å². The van der Waals surface area contributed by atoms with Gasteiger partial charge in [0.1, 0.15) is 18.3 Å². The number of unbranched alkanes of at least 4 members (excludes halogenated alkanes) is 2. The smallest absolute Gasteiger partial charge is 0.306 e. The number of rotatable bonds is 9. The Hall–Kier alpha value is -2.52. The third kappa shape index (κ3) is 5.83. The van der Waals surface area contributed by atoms with Crippen LogP contribution in [0.25, 0.3) is 0 Å². The van der Waals surface area contributed by atoms with Gasteiger partial charge in [0.15, 0.2) is 5.78 Å². The van der Waals surface area contributed by atoms with Crippen LogP contribution in [-0.4, -0.2) is 60.0 Å². The minimum absolute atomic E-state index is 0.0150. The van der Waals surface area contributed by atoms with E-state index in [0.29, 0.717) is 25.7 Å². The molecule has 272 valence electrons. The molecule has 12 unspecified atom stereocenters. The van der Waals surface area contributed by atoms with Crippen LogP contribution in [0.3, 0.4) is 0 Å². The molecule has 6 aliphatic rings. The first-order chi connectivity index (χ1) is 22.8. The lowest BCUT2D eigenvalue weighted by Gasteiger charge is -2.67. The molecule has 2 aliphatic heterocycles. The summed E-state index contributed by atoms with van der Waals surface area (Å²) < 4.78 is 31.3. The molecule has 2 heterocycles. The number of ketones is 1. The Morgan fingerprint density at radius 1 is 0.939 bits per heavy atom. The van der Waals surface area contributed by atoms with Crippen molar-refractivity contribution in [1.29, 1.82) is 0 Å². The van der Waals surface area contributed by atoms with E-state index >= 15 is 0 Å². The van der Waals surface area contributed by atoms with Crippen LogP contribution in [0.5, 0.6) is 0 Å².